The smallest absolute Gasteiger partial charge is 0.494 e. The van der Waals surface area contributed by atoms with Crippen LogP contribution in [0.4, 0.5) is 11.4 Å². The normalized spacial score (nSPS) is 25.1. The Morgan fingerprint density at radius 1 is 1.06 bits per heavy atom. The quantitative estimate of drug-likeness (QED) is 0.134. The second-order valence-corrected chi connectivity index (χ2v) is 12.9. The zero-order valence-electron chi connectivity index (χ0n) is 27.4. The number of amides is 1. The number of aliphatic hydroxyl groups excluding tert-OH is 2. The van der Waals surface area contributed by atoms with Crippen molar-refractivity contribution >= 4 is 46.5 Å². The molecule has 5 N–H and O–H groups in total. The molecule has 1 amide bonds. The average Bonchev–Trinajstić information content (AvgIpc) is 3.70. The largest absolute Gasteiger partial charge is 0.494 e. The molecule has 0 bridgehead atoms. The number of fused-ring (bicyclic) bond motifs is 2. The maximum atomic E-state index is 13.0. The number of aromatic amines is 1. The number of aliphatic imine (C=N–C) groups is 1. The molecule has 0 spiro atoms. The van der Waals surface area contributed by atoms with Crippen LogP contribution in [0.5, 0.6) is 5.88 Å². The van der Waals surface area contributed by atoms with Crippen LogP contribution in [0.15, 0.2) is 77.8 Å². The molecule has 4 heterocycles. The number of aromatic hydroxyl groups is 1. The van der Waals surface area contributed by atoms with Gasteiger partial charge < -0.3 is 49.3 Å². The van der Waals surface area contributed by atoms with Crippen LogP contribution in [0.1, 0.15) is 11.1 Å². The van der Waals surface area contributed by atoms with Crippen LogP contribution in [-0.4, -0.2) is 138 Å². The maximum Gasteiger partial charge on any atom is 0.494 e. The molecule has 0 saturated carbocycles. The number of anilines is 1. The standard InChI is InChI=1S/C35H40BN5O8/c1-39-14-16-41(17-15-39)19-29(43)40(2)25-11-9-24(10-12-25)37-31(22-6-4-3-5-7-22)30-26-13-8-23(18-27(26)38-34(30)45)36-48-28-20-47-35(46,21-42)33(44)32(28)49-36/h3-13,18,28,32-33,38,42,44-46H,14-17,19-21H2,1-2H3/t28-,32-,33+,35-/m1/s1. The van der Waals surface area contributed by atoms with E-state index >= 15 is 0 Å². The van der Waals surface area contributed by atoms with Crippen molar-refractivity contribution in [1.82, 2.24) is 14.8 Å². The molecule has 3 aliphatic rings. The first kappa shape index (κ1) is 33.4. The van der Waals surface area contributed by atoms with Gasteiger partial charge in [0.05, 0.1) is 42.8 Å². The molecule has 3 aliphatic heterocycles. The number of piperazine rings is 1. The Morgan fingerprint density at radius 3 is 2.51 bits per heavy atom. The summed E-state index contributed by atoms with van der Waals surface area (Å²) >= 11 is 0. The minimum Gasteiger partial charge on any atom is -0.494 e. The van der Waals surface area contributed by atoms with Crippen molar-refractivity contribution in [3.05, 3.63) is 83.9 Å². The van der Waals surface area contributed by atoms with E-state index in [2.05, 4.69) is 21.8 Å². The minimum absolute atomic E-state index is 0.0252. The van der Waals surface area contributed by atoms with Gasteiger partial charge in [-0.15, -0.1) is 0 Å². The first-order chi connectivity index (χ1) is 23.6. The maximum absolute atomic E-state index is 13.0. The number of H-pyrrole nitrogens is 1. The van der Waals surface area contributed by atoms with Crippen LogP contribution < -0.4 is 10.4 Å². The number of hydrogen-bond donors (Lipinski definition) is 5. The van der Waals surface area contributed by atoms with Gasteiger partial charge in [-0.2, -0.15) is 0 Å². The Morgan fingerprint density at radius 2 is 1.80 bits per heavy atom. The van der Waals surface area contributed by atoms with Crippen molar-refractivity contribution < 1.29 is 39.3 Å². The Bertz CT molecular complexity index is 1830. The van der Waals surface area contributed by atoms with E-state index in [9.17, 15) is 25.2 Å². The van der Waals surface area contributed by atoms with Gasteiger partial charge in [-0.1, -0.05) is 42.5 Å². The molecule has 14 heteroatoms. The number of hydrogen-bond acceptors (Lipinski definition) is 11. The molecule has 4 atom stereocenters. The van der Waals surface area contributed by atoms with Crippen molar-refractivity contribution in [3.8, 4) is 5.88 Å². The predicted octanol–water partition coefficient (Wildman–Crippen LogP) is 0.804. The van der Waals surface area contributed by atoms with E-state index in [0.717, 1.165) is 37.4 Å². The number of aliphatic hydroxyl groups is 3. The second-order valence-electron chi connectivity index (χ2n) is 12.9. The van der Waals surface area contributed by atoms with Gasteiger partial charge in [-0.05, 0) is 42.8 Å². The Balaban J connectivity index is 1.14. The number of aromatic nitrogens is 1. The SMILES string of the molecule is CN1CCN(CC(=O)N(C)c2ccc(N=C(c3ccccc3)c3c(O)[nH]c4cc(B5O[C@@H]6[C@@H](CO[C@](O)(CO)[C@H]6O)O5)ccc34)cc2)CC1. The molecule has 49 heavy (non-hydrogen) atoms. The van der Waals surface area contributed by atoms with Gasteiger partial charge in [0, 0.05) is 55.4 Å². The summed E-state index contributed by atoms with van der Waals surface area (Å²) in [5.74, 6) is -2.17. The van der Waals surface area contributed by atoms with Crippen LogP contribution in [0.25, 0.3) is 10.9 Å². The molecule has 7 rings (SSSR count). The molecule has 13 nitrogen and oxygen atoms in total. The van der Waals surface area contributed by atoms with Crippen molar-refractivity contribution in [1.29, 1.82) is 0 Å². The second kappa shape index (κ2) is 13.7. The van der Waals surface area contributed by atoms with Gasteiger partial charge in [-0.3, -0.25) is 9.69 Å². The summed E-state index contributed by atoms with van der Waals surface area (Å²) in [7, 11) is 3.00. The van der Waals surface area contributed by atoms with Crippen molar-refractivity contribution in [2.45, 2.75) is 24.1 Å². The Labute approximate surface area is 284 Å². The number of nitrogens with one attached hydrogen (secondary N) is 1. The van der Waals surface area contributed by atoms with E-state index < -0.39 is 37.8 Å². The van der Waals surface area contributed by atoms with E-state index in [1.807, 2.05) is 60.7 Å². The lowest BCUT2D eigenvalue weighted by Crippen LogP contribution is -2.61. The van der Waals surface area contributed by atoms with Gasteiger partial charge >= 0.3 is 7.12 Å². The number of benzene rings is 3. The molecule has 3 fully saturated rings. The van der Waals surface area contributed by atoms with E-state index in [0.29, 0.717) is 39.9 Å². The fourth-order valence-electron chi connectivity index (χ4n) is 6.55. The summed E-state index contributed by atoms with van der Waals surface area (Å²) in [5, 5.41) is 42.5. The number of likely N-dealkylation sites (N-methyl/N-ethyl adjacent to an activating group) is 2. The highest BCUT2D eigenvalue weighted by Crippen LogP contribution is 2.34. The molecule has 3 saturated heterocycles. The van der Waals surface area contributed by atoms with Gasteiger partial charge in [-0.25, -0.2) is 4.99 Å². The zero-order valence-corrected chi connectivity index (χ0v) is 27.4. The van der Waals surface area contributed by atoms with Crippen molar-refractivity contribution in [2.75, 3.05) is 64.9 Å². The van der Waals surface area contributed by atoms with Crippen LogP contribution in [-0.2, 0) is 18.8 Å². The summed E-state index contributed by atoms with van der Waals surface area (Å²) in [6.07, 6.45) is -3.06. The van der Waals surface area contributed by atoms with Crippen LogP contribution in [0.2, 0.25) is 0 Å². The third-order valence-corrected chi connectivity index (χ3v) is 9.61. The van der Waals surface area contributed by atoms with Crippen molar-refractivity contribution in [3.63, 3.8) is 0 Å². The molecule has 1 aromatic heterocycles. The van der Waals surface area contributed by atoms with E-state index in [1.54, 1.807) is 24.1 Å². The lowest BCUT2D eigenvalue weighted by atomic mass is 9.79. The number of carbonyl (C=O) groups excluding carboxylic acids is 1. The monoisotopic (exact) mass is 669 g/mol. The van der Waals surface area contributed by atoms with Gasteiger partial charge in [0.25, 0.3) is 0 Å². The van der Waals surface area contributed by atoms with Crippen LogP contribution in [0, 0.1) is 0 Å². The highest BCUT2D eigenvalue weighted by Gasteiger charge is 2.55. The highest BCUT2D eigenvalue weighted by atomic mass is 16.7. The summed E-state index contributed by atoms with van der Waals surface area (Å²) in [5.41, 5.74) is 4.49. The summed E-state index contributed by atoms with van der Waals surface area (Å²) in [6, 6.07) is 22.4. The molecule has 3 aromatic carbocycles. The topological polar surface area (TPSA) is 164 Å². The predicted molar refractivity (Wildman–Crippen MR) is 185 cm³/mol. The van der Waals surface area contributed by atoms with Crippen molar-refractivity contribution in [2.24, 2.45) is 4.99 Å². The van der Waals surface area contributed by atoms with E-state index in [-0.39, 0.29) is 18.4 Å². The van der Waals surface area contributed by atoms with Gasteiger partial charge in [0.15, 0.2) is 5.88 Å². The third-order valence-electron chi connectivity index (χ3n) is 9.61. The van der Waals surface area contributed by atoms with Crippen LogP contribution in [0.3, 0.4) is 0 Å². The fraction of sp³-hybridized carbons (Fsp3) is 0.371. The zero-order chi connectivity index (χ0) is 34.3. The molecular weight excluding hydrogens is 629 g/mol. The highest BCUT2D eigenvalue weighted by molar-refractivity contribution is 6.62. The van der Waals surface area contributed by atoms with E-state index in [1.165, 1.54) is 0 Å². The number of carbonyl (C=O) groups is 1. The molecule has 256 valence electrons. The summed E-state index contributed by atoms with van der Waals surface area (Å²) in [6.45, 7) is 3.15. The first-order valence-corrected chi connectivity index (χ1v) is 16.4. The number of nitrogens with zero attached hydrogens (tertiary/aromatic N) is 4. The third kappa shape index (κ3) is 6.61. The van der Waals surface area contributed by atoms with Gasteiger partial charge in [0.2, 0.25) is 11.7 Å². The Kier molecular flexibility index (Phi) is 9.30. The molecule has 0 unspecified atom stereocenters. The molecule has 4 aromatic rings. The number of ether oxygens (including phenoxy) is 1. The summed E-state index contributed by atoms with van der Waals surface area (Å²) in [4.78, 5) is 27.2. The lowest BCUT2D eigenvalue weighted by Gasteiger charge is -2.40. The minimum atomic E-state index is -2.13. The van der Waals surface area contributed by atoms with E-state index in [4.69, 9.17) is 19.0 Å². The van der Waals surface area contributed by atoms with Crippen LogP contribution >= 0.6 is 0 Å². The fourth-order valence-corrected chi connectivity index (χ4v) is 6.55. The lowest BCUT2D eigenvalue weighted by molar-refractivity contribution is -0.317. The molecule has 0 radical (unpaired) electrons. The van der Waals surface area contributed by atoms with Gasteiger partial charge in [0.1, 0.15) is 12.2 Å². The summed E-state index contributed by atoms with van der Waals surface area (Å²) < 4.78 is 17.2. The first-order valence-electron chi connectivity index (χ1n) is 16.4. The molecule has 0 aliphatic carbocycles. The Hall–Kier alpha value is -4.12. The number of rotatable bonds is 8. The average molecular weight is 670 g/mol. The molecular formula is C35H40BN5O8.